The van der Waals surface area contributed by atoms with E-state index in [-0.39, 0.29) is 17.6 Å². The Morgan fingerprint density at radius 1 is 1.21 bits per heavy atom. The Morgan fingerprint density at radius 2 is 1.97 bits per heavy atom. The average molecular weight is 393 g/mol. The third-order valence-electron chi connectivity index (χ3n) is 5.61. The van der Waals surface area contributed by atoms with Crippen molar-refractivity contribution in [3.63, 3.8) is 0 Å². The zero-order valence-electron chi connectivity index (χ0n) is 16.9. The summed E-state index contributed by atoms with van der Waals surface area (Å²) in [5.41, 5.74) is 1.18. The van der Waals surface area contributed by atoms with Crippen molar-refractivity contribution in [2.45, 2.75) is 32.7 Å². The van der Waals surface area contributed by atoms with Gasteiger partial charge in [-0.2, -0.15) is 0 Å². The molecule has 0 bridgehead atoms. The van der Waals surface area contributed by atoms with E-state index < -0.39 is 0 Å². The molecule has 29 heavy (non-hydrogen) atoms. The first-order valence-corrected chi connectivity index (χ1v) is 10.2. The molecular weight excluding hydrogens is 366 g/mol. The fourth-order valence-corrected chi connectivity index (χ4v) is 3.78. The second kappa shape index (κ2) is 8.66. The molecule has 3 heterocycles. The van der Waals surface area contributed by atoms with Crippen molar-refractivity contribution in [3.8, 4) is 11.3 Å². The molecule has 3 aromatic rings. The van der Waals surface area contributed by atoms with Gasteiger partial charge in [0.05, 0.1) is 6.04 Å². The van der Waals surface area contributed by atoms with Gasteiger partial charge in [-0.1, -0.05) is 42.4 Å². The normalized spacial score (nSPS) is 16.6. The summed E-state index contributed by atoms with van der Waals surface area (Å²) in [5, 5.41) is 6.96. The Balaban J connectivity index is 1.44. The molecule has 6 nitrogen and oxygen atoms in total. The number of carbonyl (C=O) groups excluding carboxylic acids is 1. The van der Waals surface area contributed by atoms with E-state index in [4.69, 9.17) is 8.94 Å². The molecule has 1 N–H and O–H groups in total. The lowest BCUT2D eigenvalue weighted by molar-refractivity contribution is 0.0887. The number of hydrogen-bond acceptors (Lipinski definition) is 5. The molecule has 2 aromatic heterocycles. The summed E-state index contributed by atoms with van der Waals surface area (Å²) >= 11 is 0. The van der Waals surface area contributed by atoms with Gasteiger partial charge < -0.3 is 14.3 Å². The number of piperidine rings is 1. The maximum absolute atomic E-state index is 12.7. The summed E-state index contributed by atoms with van der Waals surface area (Å²) in [5.74, 6) is 2.85. The molecule has 1 unspecified atom stereocenters. The number of aryl methyl sites for hydroxylation is 1. The zero-order chi connectivity index (χ0) is 20.2. The highest BCUT2D eigenvalue weighted by atomic mass is 16.5. The van der Waals surface area contributed by atoms with E-state index in [2.05, 4.69) is 22.3 Å². The van der Waals surface area contributed by atoms with Gasteiger partial charge >= 0.3 is 0 Å². The molecular formula is C23H27N3O3. The standard InChI is InChI=1S/C23H27N3O3/c1-16-10-12-26(13-11-16)20(21-9-8-17(2)28-21)15-24-23(27)19-14-22(29-25-19)18-6-4-3-5-7-18/h3-9,14,16,20H,10-13,15H2,1-2H3,(H,24,27). The minimum atomic E-state index is -0.241. The number of amides is 1. The van der Waals surface area contributed by atoms with Gasteiger partial charge in [0.25, 0.3) is 5.91 Å². The van der Waals surface area contributed by atoms with Crippen LogP contribution in [0.15, 0.2) is 57.5 Å². The summed E-state index contributed by atoms with van der Waals surface area (Å²) in [4.78, 5) is 15.1. The highest BCUT2D eigenvalue weighted by Gasteiger charge is 2.27. The first-order valence-electron chi connectivity index (χ1n) is 10.2. The third-order valence-corrected chi connectivity index (χ3v) is 5.61. The van der Waals surface area contributed by atoms with Crippen LogP contribution in [0.4, 0.5) is 0 Å². The van der Waals surface area contributed by atoms with Crippen molar-refractivity contribution in [1.29, 1.82) is 0 Å². The van der Waals surface area contributed by atoms with Gasteiger partial charge in [-0.15, -0.1) is 0 Å². The molecule has 1 amide bonds. The van der Waals surface area contributed by atoms with Gasteiger partial charge in [-0.3, -0.25) is 9.69 Å². The monoisotopic (exact) mass is 393 g/mol. The van der Waals surface area contributed by atoms with Crippen LogP contribution in [0.25, 0.3) is 11.3 Å². The van der Waals surface area contributed by atoms with Crippen molar-refractivity contribution >= 4 is 5.91 Å². The zero-order valence-corrected chi connectivity index (χ0v) is 16.9. The van der Waals surface area contributed by atoms with Crippen LogP contribution in [0, 0.1) is 12.8 Å². The summed E-state index contributed by atoms with van der Waals surface area (Å²) < 4.78 is 11.3. The highest BCUT2D eigenvalue weighted by Crippen LogP contribution is 2.28. The molecule has 1 fully saturated rings. The minimum Gasteiger partial charge on any atom is -0.465 e. The number of rotatable bonds is 6. The quantitative estimate of drug-likeness (QED) is 0.670. The lowest BCUT2D eigenvalue weighted by Gasteiger charge is -2.35. The minimum absolute atomic E-state index is 0.0145. The van der Waals surface area contributed by atoms with Crippen LogP contribution in [0.3, 0.4) is 0 Å². The van der Waals surface area contributed by atoms with E-state index in [9.17, 15) is 4.79 Å². The Labute approximate surface area is 170 Å². The third kappa shape index (κ3) is 4.59. The smallest absolute Gasteiger partial charge is 0.273 e. The molecule has 1 saturated heterocycles. The molecule has 0 aliphatic carbocycles. The SMILES string of the molecule is Cc1ccc(C(CNC(=O)c2cc(-c3ccccc3)on2)N2CCC(C)CC2)o1. The molecule has 4 rings (SSSR count). The van der Waals surface area contributed by atoms with Gasteiger partial charge in [0.15, 0.2) is 11.5 Å². The predicted octanol–water partition coefficient (Wildman–Crippen LogP) is 4.45. The van der Waals surface area contributed by atoms with E-state index in [1.165, 1.54) is 0 Å². The Bertz CT molecular complexity index is 939. The Morgan fingerprint density at radius 3 is 2.66 bits per heavy atom. The molecule has 1 aromatic carbocycles. The second-order valence-electron chi connectivity index (χ2n) is 7.84. The lowest BCUT2D eigenvalue weighted by atomic mass is 9.97. The number of hydrogen-bond donors (Lipinski definition) is 1. The van der Waals surface area contributed by atoms with Crippen molar-refractivity contribution in [1.82, 2.24) is 15.4 Å². The van der Waals surface area contributed by atoms with Crippen molar-refractivity contribution < 1.29 is 13.7 Å². The maximum atomic E-state index is 12.7. The van der Waals surface area contributed by atoms with Crippen LogP contribution in [0.1, 0.15) is 47.8 Å². The summed E-state index contributed by atoms with van der Waals surface area (Å²) in [7, 11) is 0. The molecule has 1 aliphatic rings. The van der Waals surface area contributed by atoms with E-state index in [0.29, 0.717) is 12.3 Å². The first kappa shape index (κ1) is 19.5. The fourth-order valence-electron chi connectivity index (χ4n) is 3.78. The summed E-state index contributed by atoms with van der Waals surface area (Å²) in [6, 6.07) is 15.3. The van der Waals surface area contributed by atoms with Gasteiger partial charge in [-0.05, 0) is 50.9 Å². The van der Waals surface area contributed by atoms with E-state index >= 15 is 0 Å². The highest BCUT2D eigenvalue weighted by molar-refractivity contribution is 5.93. The molecule has 152 valence electrons. The maximum Gasteiger partial charge on any atom is 0.273 e. The Hall–Kier alpha value is -2.86. The summed E-state index contributed by atoms with van der Waals surface area (Å²) in [6.07, 6.45) is 2.32. The number of furan rings is 1. The molecule has 0 radical (unpaired) electrons. The van der Waals surface area contributed by atoms with E-state index in [0.717, 1.165) is 48.9 Å². The van der Waals surface area contributed by atoms with Gasteiger partial charge in [0.2, 0.25) is 0 Å². The largest absolute Gasteiger partial charge is 0.465 e. The number of likely N-dealkylation sites (tertiary alicyclic amines) is 1. The summed E-state index contributed by atoms with van der Waals surface area (Å²) in [6.45, 7) is 6.71. The molecule has 6 heteroatoms. The van der Waals surface area contributed by atoms with E-state index in [1.54, 1.807) is 6.07 Å². The van der Waals surface area contributed by atoms with Crippen LogP contribution in [-0.2, 0) is 0 Å². The van der Waals surface area contributed by atoms with Crippen molar-refractivity contribution in [2.24, 2.45) is 5.92 Å². The second-order valence-corrected chi connectivity index (χ2v) is 7.84. The van der Waals surface area contributed by atoms with Gasteiger partial charge in [0.1, 0.15) is 11.5 Å². The molecule has 0 saturated carbocycles. The number of aromatic nitrogens is 1. The molecule has 0 spiro atoms. The number of nitrogens with zero attached hydrogens (tertiary/aromatic N) is 2. The van der Waals surface area contributed by atoms with Crippen LogP contribution in [0.2, 0.25) is 0 Å². The average Bonchev–Trinajstić information content (AvgIpc) is 3.40. The van der Waals surface area contributed by atoms with Crippen LogP contribution in [-0.4, -0.2) is 35.6 Å². The molecule has 1 aliphatic heterocycles. The van der Waals surface area contributed by atoms with Crippen molar-refractivity contribution in [3.05, 3.63) is 65.7 Å². The van der Waals surface area contributed by atoms with E-state index in [1.807, 2.05) is 49.4 Å². The van der Waals surface area contributed by atoms with Gasteiger partial charge in [-0.25, -0.2) is 0 Å². The van der Waals surface area contributed by atoms with Crippen LogP contribution < -0.4 is 5.32 Å². The topological polar surface area (TPSA) is 71.5 Å². The predicted molar refractivity (Wildman–Crippen MR) is 110 cm³/mol. The first-order chi connectivity index (χ1) is 14.1. The Kier molecular flexibility index (Phi) is 5.81. The van der Waals surface area contributed by atoms with Crippen LogP contribution in [0.5, 0.6) is 0 Å². The van der Waals surface area contributed by atoms with Gasteiger partial charge in [0, 0.05) is 18.2 Å². The fraction of sp³-hybridized carbons (Fsp3) is 0.391. The number of benzene rings is 1. The molecule has 1 atom stereocenters. The lowest BCUT2D eigenvalue weighted by Crippen LogP contribution is -2.41. The van der Waals surface area contributed by atoms with Crippen LogP contribution >= 0.6 is 0 Å². The van der Waals surface area contributed by atoms with Crippen molar-refractivity contribution in [2.75, 3.05) is 19.6 Å². The number of nitrogens with one attached hydrogen (secondary N) is 1. The number of carbonyl (C=O) groups is 1.